The fraction of sp³-hybridized carbons (Fsp3) is 0.350. The summed E-state index contributed by atoms with van der Waals surface area (Å²) in [5.74, 6) is 0.697. The first-order valence-corrected chi connectivity index (χ1v) is 8.67. The van der Waals surface area contributed by atoms with Gasteiger partial charge in [0.15, 0.2) is 0 Å². The molecule has 0 spiro atoms. The van der Waals surface area contributed by atoms with Crippen molar-refractivity contribution in [3.8, 4) is 5.75 Å². The van der Waals surface area contributed by atoms with E-state index in [0.717, 1.165) is 29.1 Å². The highest BCUT2D eigenvalue weighted by molar-refractivity contribution is 5.94. The van der Waals surface area contributed by atoms with Gasteiger partial charge in [-0.1, -0.05) is 24.3 Å². The largest absolute Gasteiger partial charge is 0.497 e. The average Bonchev–Trinajstić information content (AvgIpc) is 2.69. The van der Waals surface area contributed by atoms with E-state index < -0.39 is 6.10 Å². The van der Waals surface area contributed by atoms with E-state index >= 15 is 0 Å². The van der Waals surface area contributed by atoms with Crippen molar-refractivity contribution in [3.63, 3.8) is 0 Å². The second-order valence-electron chi connectivity index (χ2n) is 6.09. The van der Waals surface area contributed by atoms with Crippen molar-refractivity contribution in [3.05, 3.63) is 59.7 Å². The number of amides is 1. The number of morpholine rings is 1. The number of nitrogens with one attached hydrogen (secondary N) is 2. The fourth-order valence-electron chi connectivity index (χ4n) is 2.70. The lowest BCUT2D eigenvalue weighted by Crippen LogP contribution is -2.45. The molecule has 0 unspecified atom stereocenters. The molecule has 0 aliphatic carbocycles. The molecule has 2 aromatic carbocycles. The lowest BCUT2D eigenvalue weighted by Gasteiger charge is -2.22. The smallest absolute Gasteiger partial charge is 0.254 e. The minimum Gasteiger partial charge on any atom is -0.497 e. The maximum atomic E-state index is 12.2. The standard InChI is InChI=1S/C20H24N2O4/c1-24-18-7-5-15(6-8-18)13-25-14-16-3-2-4-17(11-16)22-20(23)19-12-21-9-10-26-19/h2-8,11,19,21H,9-10,12-14H2,1H3,(H,22,23)/t19-/m1/s1. The van der Waals surface area contributed by atoms with Gasteiger partial charge in [0, 0.05) is 18.8 Å². The molecule has 0 saturated carbocycles. The van der Waals surface area contributed by atoms with Gasteiger partial charge in [0.1, 0.15) is 11.9 Å². The van der Waals surface area contributed by atoms with E-state index in [4.69, 9.17) is 14.2 Å². The third-order valence-corrected chi connectivity index (χ3v) is 4.11. The highest BCUT2D eigenvalue weighted by Gasteiger charge is 2.21. The summed E-state index contributed by atoms with van der Waals surface area (Å²) in [5.41, 5.74) is 2.82. The number of carbonyl (C=O) groups is 1. The van der Waals surface area contributed by atoms with Crippen molar-refractivity contribution < 1.29 is 19.0 Å². The van der Waals surface area contributed by atoms with Gasteiger partial charge < -0.3 is 24.8 Å². The van der Waals surface area contributed by atoms with Gasteiger partial charge >= 0.3 is 0 Å². The maximum absolute atomic E-state index is 12.2. The molecule has 1 heterocycles. The molecule has 1 atom stereocenters. The predicted octanol–water partition coefficient (Wildman–Crippen LogP) is 2.34. The molecule has 1 fully saturated rings. The molecule has 2 N–H and O–H groups in total. The highest BCUT2D eigenvalue weighted by Crippen LogP contribution is 2.15. The molecule has 1 aliphatic rings. The molecule has 0 aromatic heterocycles. The summed E-state index contributed by atoms with van der Waals surface area (Å²) in [5, 5.41) is 6.05. The molecule has 6 heteroatoms. The zero-order valence-electron chi connectivity index (χ0n) is 14.9. The molecule has 6 nitrogen and oxygen atoms in total. The molecule has 138 valence electrons. The van der Waals surface area contributed by atoms with Crippen LogP contribution in [0, 0.1) is 0 Å². The van der Waals surface area contributed by atoms with Crippen LogP contribution >= 0.6 is 0 Å². The van der Waals surface area contributed by atoms with Crippen LogP contribution < -0.4 is 15.4 Å². The monoisotopic (exact) mass is 356 g/mol. The van der Waals surface area contributed by atoms with Gasteiger partial charge in [0.2, 0.25) is 0 Å². The first-order valence-electron chi connectivity index (χ1n) is 8.67. The van der Waals surface area contributed by atoms with Crippen LogP contribution in [0.3, 0.4) is 0 Å². The van der Waals surface area contributed by atoms with Crippen molar-refractivity contribution in [1.29, 1.82) is 0 Å². The Bertz CT molecular complexity index is 712. The number of hydrogen-bond donors (Lipinski definition) is 2. The number of carbonyl (C=O) groups excluding carboxylic acids is 1. The number of anilines is 1. The lowest BCUT2D eigenvalue weighted by molar-refractivity contribution is -0.128. The first-order chi connectivity index (χ1) is 12.7. The van der Waals surface area contributed by atoms with Gasteiger partial charge in [-0.15, -0.1) is 0 Å². The molecular formula is C20H24N2O4. The van der Waals surface area contributed by atoms with Crippen molar-refractivity contribution in [2.24, 2.45) is 0 Å². The van der Waals surface area contributed by atoms with Crippen LogP contribution in [0.1, 0.15) is 11.1 Å². The van der Waals surface area contributed by atoms with E-state index in [1.807, 2.05) is 48.5 Å². The summed E-state index contributed by atoms with van der Waals surface area (Å²) in [4.78, 5) is 12.2. The van der Waals surface area contributed by atoms with E-state index in [-0.39, 0.29) is 5.91 Å². The van der Waals surface area contributed by atoms with Crippen LogP contribution in [0.15, 0.2) is 48.5 Å². The van der Waals surface area contributed by atoms with Crippen molar-refractivity contribution >= 4 is 11.6 Å². The van der Waals surface area contributed by atoms with Gasteiger partial charge in [-0.05, 0) is 35.4 Å². The Balaban J connectivity index is 1.49. The van der Waals surface area contributed by atoms with Crippen LogP contribution in [0.5, 0.6) is 5.75 Å². The SMILES string of the molecule is COc1ccc(COCc2cccc(NC(=O)[C@H]3CNCCO3)c2)cc1. The number of methoxy groups -OCH3 is 1. The minimum atomic E-state index is -0.446. The summed E-state index contributed by atoms with van der Waals surface area (Å²) in [6, 6.07) is 15.4. The Kier molecular flexibility index (Phi) is 6.60. The molecule has 0 radical (unpaired) electrons. The van der Waals surface area contributed by atoms with E-state index in [0.29, 0.717) is 26.4 Å². The Hall–Kier alpha value is -2.41. The minimum absolute atomic E-state index is 0.131. The highest BCUT2D eigenvalue weighted by atomic mass is 16.5. The van der Waals surface area contributed by atoms with Crippen LogP contribution in [0.4, 0.5) is 5.69 Å². The van der Waals surface area contributed by atoms with E-state index in [1.165, 1.54) is 0 Å². The van der Waals surface area contributed by atoms with Gasteiger partial charge in [-0.2, -0.15) is 0 Å². The fourth-order valence-corrected chi connectivity index (χ4v) is 2.70. The maximum Gasteiger partial charge on any atom is 0.254 e. The first kappa shape index (κ1) is 18.4. The zero-order chi connectivity index (χ0) is 18.2. The molecular weight excluding hydrogens is 332 g/mol. The number of rotatable bonds is 7. The second-order valence-corrected chi connectivity index (χ2v) is 6.09. The second kappa shape index (κ2) is 9.33. The third-order valence-electron chi connectivity index (χ3n) is 4.11. The molecule has 3 rings (SSSR count). The quantitative estimate of drug-likeness (QED) is 0.797. The summed E-state index contributed by atoms with van der Waals surface area (Å²) < 4.78 is 16.4. The van der Waals surface area contributed by atoms with E-state index in [2.05, 4.69) is 10.6 Å². The van der Waals surface area contributed by atoms with Gasteiger partial charge in [-0.25, -0.2) is 0 Å². The van der Waals surface area contributed by atoms with Crippen molar-refractivity contribution in [1.82, 2.24) is 5.32 Å². The van der Waals surface area contributed by atoms with Crippen LogP contribution in [-0.2, 0) is 27.5 Å². The molecule has 1 saturated heterocycles. The molecule has 2 aromatic rings. The average molecular weight is 356 g/mol. The Morgan fingerprint density at radius 1 is 1.19 bits per heavy atom. The normalized spacial score (nSPS) is 16.9. The van der Waals surface area contributed by atoms with Gasteiger partial charge in [0.25, 0.3) is 5.91 Å². The zero-order valence-corrected chi connectivity index (χ0v) is 14.9. The van der Waals surface area contributed by atoms with E-state index in [1.54, 1.807) is 7.11 Å². The molecule has 1 aliphatic heterocycles. The summed E-state index contributed by atoms with van der Waals surface area (Å²) >= 11 is 0. The number of hydrogen-bond acceptors (Lipinski definition) is 5. The van der Waals surface area contributed by atoms with Gasteiger partial charge in [-0.3, -0.25) is 4.79 Å². The molecule has 0 bridgehead atoms. The Morgan fingerprint density at radius 2 is 2.00 bits per heavy atom. The van der Waals surface area contributed by atoms with E-state index in [9.17, 15) is 4.79 Å². The molecule has 1 amide bonds. The number of ether oxygens (including phenoxy) is 3. The van der Waals surface area contributed by atoms with Gasteiger partial charge in [0.05, 0.1) is 26.9 Å². The van der Waals surface area contributed by atoms with Crippen LogP contribution in [0.25, 0.3) is 0 Å². The van der Waals surface area contributed by atoms with Crippen molar-refractivity contribution in [2.75, 3.05) is 32.1 Å². The third kappa shape index (κ3) is 5.29. The van der Waals surface area contributed by atoms with Crippen LogP contribution in [0.2, 0.25) is 0 Å². The number of benzene rings is 2. The lowest BCUT2D eigenvalue weighted by atomic mass is 10.2. The Morgan fingerprint density at radius 3 is 2.73 bits per heavy atom. The Labute approximate surface area is 153 Å². The summed E-state index contributed by atoms with van der Waals surface area (Å²) in [6.45, 7) is 2.86. The topological polar surface area (TPSA) is 68.8 Å². The van der Waals surface area contributed by atoms with Crippen molar-refractivity contribution in [2.45, 2.75) is 19.3 Å². The van der Waals surface area contributed by atoms with Crippen LogP contribution in [-0.4, -0.2) is 38.8 Å². The summed E-state index contributed by atoms with van der Waals surface area (Å²) in [7, 11) is 1.65. The summed E-state index contributed by atoms with van der Waals surface area (Å²) in [6.07, 6.45) is -0.446. The predicted molar refractivity (Wildman–Crippen MR) is 99.2 cm³/mol. The molecule has 26 heavy (non-hydrogen) atoms.